The number of Topliss-reactive ketones (excluding diaryl/α,β-unsaturated/α-hetero) is 1. The first-order valence-corrected chi connectivity index (χ1v) is 6.99. The molecule has 0 heterocycles. The van der Waals surface area contributed by atoms with Crippen LogP contribution in [0.1, 0.15) is 36.8 Å². The Morgan fingerprint density at radius 2 is 2.11 bits per heavy atom. The molecule has 1 aromatic rings. The van der Waals surface area contributed by atoms with Gasteiger partial charge in [0.25, 0.3) is 0 Å². The molecule has 0 bridgehead atoms. The standard InChI is InChI=1S/C16H23NO/c1-12-5-4-6-13(9-12)10-16(18)15-8-3-2-7-14(15)11-17/h4-6,9,14-15H,2-3,7-8,10-11,17H2,1H3. The van der Waals surface area contributed by atoms with Gasteiger partial charge in [-0.05, 0) is 37.8 Å². The molecule has 0 amide bonds. The summed E-state index contributed by atoms with van der Waals surface area (Å²) >= 11 is 0. The summed E-state index contributed by atoms with van der Waals surface area (Å²) in [5, 5.41) is 0. The molecule has 98 valence electrons. The Morgan fingerprint density at radius 3 is 2.83 bits per heavy atom. The van der Waals surface area contributed by atoms with E-state index < -0.39 is 0 Å². The van der Waals surface area contributed by atoms with Crippen LogP contribution >= 0.6 is 0 Å². The molecule has 0 radical (unpaired) electrons. The maximum atomic E-state index is 12.4. The van der Waals surface area contributed by atoms with Gasteiger partial charge in [0.1, 0.15) is 5.78 Å². The van der Waals surface area contributed by atoms with Crippen LogP contribution in [0, 0.1) is 18.8 Å². The summed E-state index contributed by atoms with van der Waals surface area (Å²) < 4.78 is 0. The van der Waals surface area contributed by atoms with E-state index in [1.54, 1.807) is 0 Å². The highest BCUT2D eigenvalue weighted by Gasteiger charge is 2.29. The van der Waals surface area contributed by atoms with E-state index in [0.717, 1.165) is 18.4 Å². The quantitative estimate of drug-likeness (QED) is 0.886. The number of nitrogens with two attached hydrogens (primary N) is 1. The molecule has 0 aromatic heterocycles. The Bertz CT molecular complexity index is 413. The first kappa shape index (κ1) is 13.3. The first-order valence-electron chi connectivity index (χ1n) is 6.99. The zero-order valence-corrected chi connectivity index (χ0v) is 11.2. The maximum absolute atomic E-state index is 12.4. The van der Waals surface area contributed by atoms with Crippen LogP contribution in [-0.4, -0.2) is 12.3 Å². The highest BCUT2D eigenvalue weighted by atomic mass is 16.1. The molecule has 2 heteroatoms. The van der Waals surface area contributed by atoms with E-state index in [0.29, 0.717) is 24.7 Å². The zero-order valence-electron chi connectivity index (χ0n) is 11.2. The summed E-state index contributed by atoms with van der Waals surface area (Å²) in [4.78, 5) is 12.4. The third-order valence-electron chi connectivity index (χ3n) is 4.09. The van der Waals surface area contributed by atoms with Crippen molar-refractivity contribution in [3.63, 3.8) is 0 Å². The minimum Gasteiger partial charge on any atom is -0.330 e. The number of carbonyl (C=O) groups excluding carboxylic acids is 1. The largest absolute Gasteiger partial charge is 0.330 e. The molecular formula is C16H23NO. The van der Waals surface area contributed by atoms with Crippen molar-refractivity contribution in [2.45, 2.75) is 39.0 Å². The smallest absolute Gasteiger partial charge is 0.140 e. The molecule has 1 aliphatic rings. The number of ketones is 1. The predicted molar refractivity (Wildman–Crippen MR) is 74.4 cm³/mol. The molecule has 1 aromatic carbocycles. The lowest BCUT2D eigenvalue weighted by Crippen LogP contribution is -2.33. The SMILES string of the molecule is Cc1cccc(CC(=O)C2CCCCC2CN)c1. The second-order valence-electron chi connectivity index (χ2n) is 5.52. The van der Waals surface area contributed by atoms with E-state index in [4.69, 9.17) is 5.73 Å². The normalized spacial score (nSPS) is 23.9. The van der Waals surface area contributed by atoms with Gasteiger partial charge in [0.15, 0.2) is 0 Å². The third-order valence-corrected chi connectivity index (χ3v) is 4.09. The fourth-order valence-electron chi connectivity index (χ4n) is 3.07. The van der Waals surface area contributed by atoms with Gasteiger partial charge in [-0.15, -0.1) is 0 Å². The van der Waals surface area contributed by atoms with Crippen LogP contribution in [0.3, 0.4) is 0 Å². The lowest BCUT2D eigenvalue weighted by atomic mass is 9.76. The monoisotopic (exact) mass is 245 g/mol. The highest BCUT2D eigenvalue weighted by Crippen LogP contribution is 2.30. The van der Waals surface area contributed by atoms with Crippen molar-refractivity contribution >= 4 is 5.78 Å². The van der Waals surface area contributed by atoms with E-state index in [9.17, 15) is 4.79 Å². The van der Waals surface area contributed by atoms with Crippen LogP contribution in [0.5, 0.6) is 0 Å². The molecular weight excluding hydrogens is 222 g/mol. The number of rotatable bonds is 4. The molecule has 2 atom stereocenters. The molecule has 2 unspecified atom stereocenters. The van der Waals surface area contributed by atoms with Crippen molar-refractivity contribution in [2.24, 2.45) is 17.6 Å². The Labute approximate surface area is 110 Å². The Hall–Kier alpha value is -1.15. The fraction of sp³-hybridized carbons (Fsp3) is 0.562. The average Bonchev–Trinajstić information content (AvgIpc) is 2.38. The zero-order chi connectivity index (χ0) is 13.0. The van der Waals surface area contributed by atoms with Gasteiger partial charge in [-0.2, -0.15) is 0 Å². The Morgan fingerprint density at radius 1 is 1.33 bits per heavy atom. The highest BCUT2D eigenvalue weighted by molar-refractivity contribution is 5.83. The second-order valence-corrected chi connectivity index (χ2v) is 5.52. The maximum Gasteiger partial charge on any atom is 0.140 e. The van der Waals surface area contributed by atoms with Crippen molar-refractivity contribution in [1.29, 1.82) is 0 Å². The molecule has 1 saturated carbocycles. The third kappa shape index (κ3) is 3.20. The molecule has 2 N–H and O–H groups in total. The minimum atomic E-state index is 0.198. The van der Waals surface area contributed by atoms with Crippen LogP contribution in [0.2, 0.25) is 0 Å². The Kier molecular flexibility index (Phi) is 4.54. The first-order chi connectivity index (χ1) is 8.70. The molecule has 0 spiro atoms. The Balaban J connectivity index is 2.02. The summed E-state index contributed by atoms with van der Waals surface area (Å²) in [6.07, 6.45) is 5.15. The number of aryl methyl sites for hydroxylation is 1. The molecule has 0 aliphatic heterocycles. The van der Waals surface area contributed by atoms with Crippen LogP contribution in [-0.2, 0) is 11.2 Å². The van der Waals surface area contributed by atoms with Crippen molar-refractivity contribution < 1.29 is 4.79 Å². The number of hydrogen-bond donors (Lipinski definition) is 1. The fourth-order valence-corrected chi connectivity index (χ4v) is 3.07. The lowest BCUT2D eigenvalue weighted by molar-refractivity contribution is -0.124. The van der Waals surface area contributed by atoms with Crippen molar-refractivity contribution in [2.75, 3.05) is 6.54 Å². The van der Waals surface area contributed by atoms with Crippen LogP contribution in [0.4, 0.5) is 0 Å². The van der Waals surface area contributed by atoms with E-state index in [1.807, 2.05) is 12.1 Å². The van der Waals surface area contributed by atoms with Crippen molar-refractivity contribution in [1.82, 2.24) is 0 Å². The summed E-state index contributed by atoms with van der Waals surface area (Å²) in [6, 6.07) is 8.25. The van der Waals surface area contributed by atoms with Gasteiger partial charge < -0.3 is 5.73 Å². The molecule has 0 saturated heterocycles. The number of benzene rings is 1. The van der Waals surface area contributed by atoms with Crippen LogP contribution < -0.4 is 5.73 Å². The van der Waals surface area contributed by atoms with Crippen LogP contribution in [0.25, 0.3) is 0 Å². The summed E-state index contributed by atoms with van der Waals surface area (Å²) in [6.45, 7) is 2.72. The van der Waals surface area contributed by atoms with Crippen LogP contribution in [0.15, 0.2) is 24.3 Å². The van der Waals surface area contributed by atoms with E-state index in [-0.39, 0.29) is 5.92 Å². The molecule has 2 rings (SSSR count). The number of carbonyl (C=O) groups is 1. The van der Waals surface area contributed by atoms with E-state index in [2.05, 4.69) is 19.1 Å². The topological polar surface area (TPSA) is 43.1 Å². The van der Waals surface area contributed by atoms with Gasteiger partial charge >= 0.3 is 0 Å². The second kappa shape index (κ2) is 6.14. The lowest BCUT2D eigenvalue weighted by Gasteiger charge is -2.29. The van der Waals surface area contributed by atoms with Gasteiger partial charge in [0.2, 0.25) is 0 Å². The van der Waals surface area contributed by atoms with Gasteiger partial charge in [-0.1, -0.05) is 42.7 Å². The van der Waals surface area contributed by atoms with Gasteiger partial charge in [-0.3, -0.25) is 4.79 Å². The predicted octanol–water partition coefficient (Wildman–Crippen LogP) is 2.87. The molecule has 1 fully saturated rings. The summed E-state index contributed by atoms with van der Waals surface area (Å²) in [7, 11) is 0. The summed E-state index contributed by atoms with van der Waals surface area (Å²) in [5.74, 6) is 0.996. The van der Waals surface area contributed by atoms with E-state index in [1.165, 1.54) is 18.4 Å². The van der Waals surface area contributed by atoms with E-state index >= 15 is 0 Å². The average molecular weight is 245 g/mol. The summed E-state index contributed by atoms with van der Waals surface area (Å²) in [5.41, 5.74) is 8.16. The number of hydrogen-bond acceptors (Lipinski definition) is 2. The van der Waals surface area contributed by atoms with Crippen molar-refractivity contribution in [3.05, 3.63) is 35.4 Å². The molecule has 18 heavy (non-hydrogen) atoms. The van der Waals surface area contributed by atoms with Gasteiger partial charge in [0, 0.05) is 12.3 Å². The van der Waals surface area contributed by atoms with Crippen molar-refractivity contribution in [3.8, 4) is 0 Å². The molecule has 2 nitrogen and oxygen atoms in total. The van der Waals surface area contributed by atoms with Gasteiger partial charge in [0.05, 0.1) is 0 Å². The van der Waals surface area contributed by atoms with Gasteiger partial charge in [-0.25, -0.2) is 0 Å². The minimum absolute atomic E-state index is 0.198. The molecule has 1 aliphatic carbocycles.